The Morgan fingerprint density at radius 1 is 1.25 bits per heavy atom. The topological polar surface area (TPSA) is 78.4 Å². The summed E-state index contributed by atoms with van der Waals surface area (Å²) < 4.78 is 10.8. The van der Waals surface area contributed by atoms with Crippen molar-refractivity contribution in [3.8, 4) is 0 Å². The lowest BCUT2D eigenvalue weighted by molar-refractivity contribution is 0.0220. The fraction of sp³-hybridized carbons (Fsp3) is 0.895. The number of guanidine groups is 1. The molecular formula is C19H40IN5O3. The number of nitrogens with one attached hydrogen (secondary N) is 2. The highest BCUT2D eigenvalue weighted by Gasteiger charge is 2.21. The van der Waals surface area contributed by atoms with Crippen LogP contribution in [0.15, 0.2) is 4.99 Å². The van der Waals surface area contributed by atoms with Crippen molar-refractivity contribution in [2.24, 2.45) is 4.99 Å². The van der Waals surface area contributed by atoms with Gasteiger partial charge in [0.15, 0.2) is 5.96 Å². The summed E-state index contributed by atoms with van der Waals surface area (Å²) in [6.07, 6.45) is -0.283. The quantitative estimate of drug-likeness (QED) is 0.294. The average Bonchev–Trinajstić information content (AvgIpc) is 2.62. The number of aliphatic imine (C=N–C) groups is 1. The van der Waals surface area contributed by atoms with Gasteiger partial charge in [0.05, 0.1) is 19.8 Å². The molecule has 9 heteroatoms. The third-order valence-electron chi connectivity index (χ3n) is 4.23. The monoisotopic (exact) mass is 513 g/mol. The molecule has 1 rings (SSSR count). The summed E-state index contributed by atoms with van der Waals surface area (Å²) in [7, 11) is 0. The van der Waals surface area contributed by atoms with E-state index in [1.54, 1.807) is 4.90 Å². The molecule has 166 valence electrons. The van der Waals surface area contributed by atoms with Gasteiger partial charge in [-0.1, -0.05) is 0 Å². The highest BCUT2D eigenvalue weighted by atomic mass is 127. The van der Waals surface area contributed by atoms with E-state index in [0.717, 1.165) is 45.4 Å². The fourth-order valence-corrected chi connectivity index (χ4v) is 2.71. The van der Waals surface area contributed by atoms with Crippen molar-refractivity contribution in [3.63, 3.8) is 0 Å². The van der Waals surface area contributed by atoms with Crippen molar-refractivity contribution >= 4 is 36.0 Å². The van der Waals surface area contributed by atoms with Crippen LogP contribution >= 0.6 is 24.0 Å². The van der Waals surface area contributed by atoms with E-state index >= 15 is 0 Å². The molecule has 0 aliphatic carbocycles. The molecule has 0 aromatic carbocycles. The third kappa shape index (κ3) is 11.3. The molecule has 1 amide bonds. The molecule has 0 saturated carbocycles. The van der Waals surface area contributed by atoms with Gasteiger partial charge in [0.25, 0.3) is 0 Å². The van der Waals surface area contributed by atoms with E-state index in [2.05, 4.69) is 22.5 Å². The molecule has 2 N–H and O–H groups in total. The van der Waals surface area contributed by atoms with Crippen LogP contribution in [-0.2, 0) is 9.47 Å². The number of hydrogen-bond acceptors (Lipinski definition) is 5. The van der Waals surface area contributed by atoms with Gasteiger partial charge in [-0.05, 0) is 41.5 Å². The van der Waals surface area contributed by atoms with E-state index < -0.39 is 5.60 Å². The summed E-state index contributed by atoms with van der Waals surface area (Å²) in [4.78, 5) is 21.0. The minimum absolute atomic E-state index is 0. The summed E-state index contributed by atoms with van der Waals surface area (Å²) in [6, 6.07) is 0.373. The number of nitrogens with zero attached hydrogens (tertiary/aromatic N) is 3. The molecule has 1 unspecified atom stereocenters. The number of hydrogen-bond donors (Lipinski definition) is 2. The first-order chi connectivity index (χ1) is 12.8. The van der Waals surface area contributed by atoms with Crippen LogP contribution in [0.3, 0.4) is 0 Å². The van der Waals surface area contributed by atoms with Crippen LogP contribution in [0, 0.1) is 0 Å². The van der Waals surface area contributed by atoms with Crippen molar-refractivity contribution in [3.05, 3.63) is 0 Å². The molecule has 0 spiro atoms. The minimum atomic E-state index is -0.482. The fourth-order valence-electron chi connectivity index (χ4n) is 2.71. The van der Waals surface area contributed by atoms with Crippen molar-refractivity contribution in [1.29, 1.82) is 0 Å². The molecule has 0 bridgehead atoms. The van der Waals surface area contributed by atoms with Gasteiger partial charge in [-0.2, -0.15) is 0 Å². The highest BCUT2D eigenvalue weighted by molar-refractivity contribution is 14.0. The maximum Gasteiger partial charge on any atom is 0.410 e. The average molecular weight is 513 g/mol. The van der Waals surface area contributed by atoms with E-state index in [-0.39, 0.29) is 30.1 Å². The van der Waals surface area contributed by atoms with E-state index in [9.17, 15) is 4.79 Å². The highest BCUT2D eigenvalue weighted by Crippen LogP contribution is 2.09. The Kier molecular flexibility index (Phi) is 13.8. The number of likely N-dealkylation sites (N-methyl/N-ethyl adjacent to an activating group) is 1. The predicted molar refractivity (Wildman–Crippen MR) is 125 cm³/mol. The van der Waals surface area contributed by atoms with Crippen LogP contribution in [0.1, 0.15) is 41.5 Å². The number of rotatable bonds is 8. The molecule has 28 heavy (non-hydrogen) atoms. The van der Waals surface area contributed by atoms with Crippen LogP contribution in [0.4, 0.5) is 4.79 Å². The van der Waals surface area contributed by atoms with Gasteiger partial charge in [0.1, 0.15) is 5.60 Å². The van der Waals surface area contributed by atoms with E-state index in [4.69, 9.17) is 14.5 Å². The number of carbonyl (C=O) groups is 1. The van der Waals surface area contributed by atoms with Crippen LogP contribution in [0.25, 0.3) is 0 Å². The van der Waals surface area contributed by atoms with Gasteiger partial charge in [-0.25, -0.2) is 4.79 Å². The van der Waals surface area contributed by atoms with Crippen LogP contribution < -0.4 is 10.6 Å². The number of carbonyl (C=O) groups excluding carboxylic acids is 1. The Labute approximate surface area is 187 Å². The Hall–Kier alpha value is -0.810. The standard InChI is InChI=1S/C19H39N5O3.HI/c1-7-20-17(22-15-16(3)24-11-13-26-14-12-24)21-9-10-23(8-2)18(25)27-19(4,5)6;/h16H,7-15H2,1-6H3,(H2,20,21,22);1H. The molecule has 0 radical (unpaired) electrons. The zero-order chi connectivity index (χ0) is 20.3. The molecule has 0 aromatic heterocycles. The lowest BCUT2D eigenvalue weighted by atomic mass is 10.2. The summed E-state index contributed by atoms with van der Waals surface area (Å²) in [5.74, 6) is 0.776. The zero-order valence-corrected chi connectivity index (χ0v) is 20.7. The van der Waals surface area contributed by atoms with Gasteiger partial charge in [-0.3, -0.25) is 9.89 Å². The zero-order valence-electron chi connectivity index (χ0n) is 18.4. The molecular weight excluding hydrogens is 473 g/mol. The summed E-state index contributed by atoms with van der Waals surface area (Å²) >= 11 is 0. The number of amides is 1. The number of morpholine rings is 1. The van der Waals surface area contributed by atoms with Gasteiger partial charge in [0, 0.05) is 45.3 Å². The second-order valence-corrected chi connectivity index (χ2v) is 7.70. The van der Waals surface area contributed by atoms with Gasteiger partial charge < -0.3 is 25.0 Å². The molecule has 1 aliphatic rings. The first-order valence-electron chi connectivity index (χ1n) is 10.1. The molecule has 1 fully saturated rings. The largest absolute Gasteiger partial charge is 0.444 e. The van der Waals surface area contributed by atoms with Gasteiger partial charge in [0.2, 0.25) is 0 Å². The van der Waals surface area contributed by atoms with Crippen LogP contribution in [-0.4, -0.2) is 92.5 Å². The van der Waals surface area contributed by atoms with E-state index in [0.29, 0.717) is 25.7 Å². The smallest absolute Gasteiger partial charge is 0.410 e. The number of halogens is 1. The Morgan fingerprint density at radius 2 is 1.89 bits per heavy atom. The lowest BCUT2D eigenvalue weighted by Gasteiger charge is -2.31. The van der Waals surface area contributed by atoms with Gasteiger partial charge in [-0.15, -0.1) is 24.0 Å². The molecule has 0 aromatic rings. The van der Waals surface area contributed by atoms with E-state index in [1.165, 1.54) is 0 Å². The Morgan fingerprint density at radius 3 is 2.43 bits per heavy atom. The molecule has 8 nitrogen and oxygen atoms in total. The molecule has 1 heterocycles. The summed E-state index contributed by atoms with van der Waals surface area (Å²) in [5, 5.41) is 6.57. The number of ether oxygens (including phenoxy) is 2. The normalized spacial score (nSPS) is 16.7. The van der Waals surface area contributed by atoms with Crippen molar-refractivity contribution in [2.45, 2.75) is 53.2 Å². The first-order valence-corrected chi connectivity index (χ1v) is 10.1. The Bertz CT molecular complexity index is 465. The molecule has 1 atom stereocenters. The maximum atomic E-state index is 12.2. The van der Waals surface area contributed by atoms with Crippen LogP contribution in [0.2, 0.25) is 0 Å². The van der Waals surface area contributed by atoms with E-state index in [1.807, 2.05) is 34.6 Å². The van der Waals surface area contributed by atoms with Crippen molar-refractivity contribution < 1.29 is 14.3 Å². The van der Waals surface area contributed by atoms with Crippen molar-refractivity contribution in [2.75, 3.05) is 59.0 Å². The first kappa shape index (κ1) is 27.2. The van der Waals surface area contributed by atoms with Crippen molar-refractivity contribution in [1.82, 2.24) is 20.4 Å². The second-order valence-electron chi connectivity index (χ2n) is 7.70. The van der Waals surface area contributed by atoms with Gasteiger partial charge >= 0.3 is 6.09 Å². The Balaban J connectivity index is 0.00000729. The summed E-state index contributed by atoms with van der Waals surface area (Å²) in [5.41, 5.74) is -0.482. The predicted octanol–water partition coefficient (Wildman–Crippen LogP) is 2.14. The minimum Gasteiger partial charge on any atom is -0.444 e. The third-order valence-corrected chi connectivity index (χ3v) is 4.23. The molecule has 1 aliphatic heterocycles. The maximum absolute atomic E-state index is 12.2. The summed E-state index contributed by atoms with van der Waals surface area (Å²) in [6.45, 7) is 18.6. The molecule has 1 saturated heterocycles. The van der Waals surface area contributed by atoms with Crippen LogP contribution in [0.5, 0.6) is 0 Å². The second kappa shape index (κ2) is 14.2. The SMILES string of the molecule is CCNC(=NCC(C)N1CCOCC1)NCCN(CC)C(=O)OC(C)(C)C.I. The lowest BCUT2D eigenvalue weighted by Crippen LogP contribution is -2.46.